The molecule has 3 rings (SSSR count). The minimum absolute atomic E-state index is 0.0257. The highest BCUT2D eigenvalue weighted by Crippen LogP contribution is 2.29. The normalized spacial score (nSPS) is 17.7. The van der Waals surface area contributed by atoms with Crippen molar-refractivity contribution in [1.29, 1.82) is 0 Å². The molecule has 1 fully saturated rings. The zero-order valence-electron chi connectivity index (χ0n) is 16.5. The Hall–Kier alpha value is -2.09. The Morgan fingerprint density at radius 2 is 2.07 bits per heavy atom. The van der Waals surface area contributed by atoms with Crippen molar-refractivity contribution in [3.05, 3.63) is 58.6 Å². The van der Waals surface area contributed by atoms with E-state index < -0.39 is 10.0 Å². The summed E-state index contributed by atoms with van der Waals surface area (Å²) in [4.78, 5) is 12.6. The second kappa shape index (κ2) is 9.15. The third-order valence-electron chi connectivity index (χ3n) is 5.02. The number of hydrogen-bond donors (Lipinski definition) is 1. The van der Waals surface area contributed by atoms with E-state index in [1.165, 1.54) is 22.5 Å². The summed E-state index contributed by atoms with van der Waals surface area (Å²) in [6, 6.07) is 11.7. The van der Waals surface area contributed by atoms with Crippen molar-refractivity contribution in [3.63, 3.8) is 0 Å². The van der Waals surface area contributed by atoms with Gasteiger partial charge >= 0.3 is 0 Å². The number of rotatable bonds is 6. The maximum atomic E-state index is 13.1. The number of hydrogen-bond acceptors (Lipinski definition) is 4. The van der Waals surface area contributed by atoms with Crippen molar-refractivity contribution < 1.29 is 17.9 Å². The average Bonchev–Trinajstić information content (AvgIpc) is 2.72. The molecule has 156 valence electrons. The number of amides is 1. The van der Waals surface area contributed by atoms with Gasteiger partial charge in [0.15, 0.2) is 0 Å². The predicted molar refractivity (Wildman–Crippen MR) is 113 cm³/mol. The summed E-state index contributed by atoms with van der Waals surface area (Å²) in [5, 5.41) is 2.92. The molecule has 0 aliphatic carbocycles. The maximum Gasteiger partial charge on any atom is 0.251 e. The largest absolute Gasteiger partial charge is 0.497 e. The zero-order valence-corrected chi connectivity index (χ0v) is 18.1. The van der Waals surface area contributed by atoms with Crippen molar-refractivity contribution in [1.82, 2.24) is 9.62 Å². The smallest absolute Gasteiger partial charge is 0.251 e. The van der Waals surface area contributed by atoms with Crippen molar-refractivity contribution >= 4 is 27.5 Å². The molecule has 1 aliphatic rings. The van der Waals surface area contributed by atoms with Crippen LogP contribution in [0, 0.1) is 5.92 Å². The molecule has 0 aromatic heterocycles. The summed E-state index contributed by atoms with van der Waals surface area (Å²) < 4.78 is 32.8. The molecule has 6 nitrogen and oxygen atoms in total. The van der Waals surface area contributed by atoms with Gasteiger partial charge in [0.1, 0.15) is 10.6 Å². The molecule has 0 saturated carbocycles. The molecular weight excluding hydrogens is 412 g/mol. The van der Waals surface area contributed by atoms with Gasteiger partial charge in [-0.3, -0.25) is 4.79 Å². The Kier molecular flexibility index (Phi) is 6.82. The molecule has 2 aromatic carbocycles. The van der Waals surface area contributed by atoms with Crippen LogP contribution in [-0.4, -0.2) is 38.8 Å². The molecule has 2 aromatic rings. The van der Waals surface area contributed by atoms with E-state index in [-0.39, 0.29) is 21.4 Å². The van der Waals surface area contributed by atoms with E-state index in [0.29, 0.717) is 31.3 Å². The van der Waals surface area contributed by atoms with Gasteiger partial charge in [0.05, 0.1) is 12.1 Å². The molecule has 1 amide bonds. The summed E-state index contributed by atoms with van der Waals surface area (Å²) in [5.41, 5.74) is 1.13. The van der Waals surface area contributed by atoms with Crippen LogP contribution in [0.2, 0.25) is 5.02 Å². The number of sulfonamides is 1. The molecule has 1 aliphatic heterocycles. The topological polar surface area (TPSA) is 75.7 Å². The van der Waals surface area contributed by atoms with Crippen molar-refractivity contribution in [2.45, 2.75) is 31.2 Å². The molecule has 0 spiro atoms. The number of carbonyl (C=O) groups is 1. The summed E-state index contributed by atoms with van der Waals surface area (Å²) in [6.07, 6.45) is 1.82. The first-order chi connectivity index (χ1) is 13.8. The van der Waals surface area contributed by atoms with E-state index in [4.69, 9.17) is 16.3 Å². The molecule has 1 N–H and O–H groups in total. The summed E-state index contributed by atoms with van der Waals surface area (Å²) >= 11 is 6.20. The Balaban J connectivity index is 1.78. The third-order valence-corrected chi connectivity index (χ3v) is 7.36. The van der Waals surface area contributed by atoms with E-state index >= 15 is 0 Å². The van der Waals surface area contributed by atoms with Gasteiger partial charge in [-0.2, -0.15) is 4.31 Å². The van der Waals surface area contributed by atoms with Crippen LogP contribution in [0.3, 0.4) is 0 Å². The van der Waals surface area contributed by atoms with E-state index in [2.05, 4.69) is 5.32 Å². The Morgan fingerprint density at radius 1 is 1.28 bits per heavy atom. The maximum absolute atomic E-state index is 13.1. The fourth-order valence-corrected chi connectivity index (χ4v) is 5.51. The SMILES string of the molecule is COc1cccc(CNC(=O)c2ccc(Cl)c(S(=O)(=O)N3CCCC(C)C3)c2)c1. The number of nitrogens with one attached hydrogen (secondary N) is 1. The number of benzene rings is 2. The molecule has 0 radical (unpaired) electrons. The van der Waals surface area contributed by atoms with Gasteiger partial charge in [0, 0.05) is 25.2 Å². The van der Waals surface area contributed by atoms with Crippen LogP contribution >= 0.6 is 11.6 Å². The Bertz CT molecular complexity index is 994. The number of halogens is 1. The number of ether oxygens (including phenoxy) is 1. The van der Waals surface area contributed by atoms with E-state index in [9.17, 15) is 13.2 Å². The van der Waals surface area contributed by atoms with Crippen LogP contribution in [0.5, 0.6) is 5.75 Å². The van der Waals surface area contributed by atoms with Gasteiger partial charge in [-0.1, -0.05) is 30.7 Å². The molecule has 1 atom stereocenters. The molecule has 1 unspecified atom stereocenters. The van der Waals surface area contributed by atoms with Gasteiger partial charge in [-0.05, 0) is 54.7 Å². The molecule has 0 bridgehead atoms. The van der Waals surface area contributed by atoms with Crippen LogP contribution in [0.15, 0.2) is 47.4 Å². The summed E-state index contributed by atoms with van der Waals surface area (Å²) in [6.45, 7) is 3.26. The first kappa shape index (κ1) is 21.6. The van der Waals surface area contributed by atoms with Crippen LogP contribution in [0.4, 0.5) is 0 Å². The van der Waals surface area contributed by atoms with Gasteiger partial charge in [-0.25, -0.2) is 8.42 Å². The summed E-state index contributed by atoms with van der Waals surface area (Å²) in [5.74, 6) is 0.631. The fraction of sp³-hybridized carbons (Fsp3) is 0.381. The minimum Gasteiger partial charge on any atom is -0.497 e. The second-order valence-electron chi connectivity index (χ2n) is 7.29. The molecular formula is C21H25ClN2O4S. The predicted octanol–water partition coefficient (Wildman–Crippen LogP) is 3.70. The zero-order chi connectivity index (χ0) is 21.0. The molecule has 1 heterocycles. The molecule has 8 heteroatoms. The number of piperidine rings is 1. The summed E-state index contributed by atoms with van der Waals surface area (Å²) in [7, 11) is -2.17. The lowest BCUT2D eigenvalue weighted by atomic mass is 10.0. The fourth-order valence-electron chi connectivity index (χ4n) is 3.41. The number of nitrogens with zero attached hydrogens (tertiary/aromatic N) is 1. The number of carbonyl (C=O) groups excluding carboxylic acids is 1. The standard InChI is InChI=1S/C21H25ClN2O4S/c1-15-5-4-10-24(14-15)29(26,27)20-12-17(8-9-19(20)22)21(25)23-13-16-6-3-7-18(11-16)28-2/h3,6-9,11-12,15H,4-5,10,13-14H2,1-2H3,(H,23,25). The Morgan fingerprint density at radius 3 is 2.79 bits per heavy atom. The van der Waals surface area contributed by atoms with Crippen molar-refractivity contribution in [2.75, 3.05) is 20.2 Å². The van der Waals surface area contributed by atoms with Gasteiger partial charge in [0.25, 0.3) is 5.91 Å². The molecule has 29 heavy (non-hydrogen) atoms. The van der Waals surface area contributed by atoms with Crippen molar-refractivity contribution in [2.24, 2.45) is 5.92 Å². The highest BCUT2D eigenvalue weighted by molar-refractivity contribution is 7.89. The van der Waals surface area contributed by atoms with Crippen LogP contribution in [0.1, 0.15) is 35.7 Å². The first-order valence-electron chi connectivity index (χ1n) is 9.52. The highest BCUT2D eigenvalue weighted by Gasteiger charge is 2.30. The third kappa shape index (κ3) is 5.10. The monoisotopic (exact) mass is 436 g/mol. The van der Waals surface area contributed by atoms with Crippen molar-refractivity contribution in [3.8, 4) is 5.75 Å². The Labute approximate surface area is 176 Å². The van der Waals surface area contributed by atoms with Crippen LogP contribution < -0.4 is 10.1 Å². The quantitative estimate of drug-likeness (QED) is 0.749. The van der Waals surface area contributed by atoms with E-state index in [1.807, 2.05) is 31.2 Å². The van der Waals surface area contributed by atoms with Crippen LogP contribution in [-0.2, 0) is 16.6 Å². The lowest BCUT2D eigenvalue weighted by molar-refractivity contribution is 0.0950. The number of methoxy groups -OCH3 is 1. The lowest BCUT2D eigenvalue weighted by Gasteiger charge is -2.30. The van der Waals surface area contributed by atoms with E-state index in [1.54, 1.807) is 7.11 Å². The van der Waals surface area contributed by atoms with E-state index in [0.717, 1.165) is 18.4 Å². The van der Waals surface area contributed by atoms with Gasteiger partial charge < -0.3 is 10.1 Å². The highest BCUT2D eigenvalue weighted by atomic mass is 35.5. The lowest BCUT2D eigenvalue weighted by Crippen LogP contribution is -2.39. The first-order valence-corrected chi connectivity index (χ1v) is 11.3. The van der Waals surface area contributed by atoms with Crippen LogP contribution in [0.25, 0.3) is 0 Å². The van der Waals surface area contributed by atoms with Gasteiger partial charge in [-0.15, -0.1) is 0 Å². The average molecular weight is 437 g/mol. The van der Waals surface area contributed by atoms with Gasteiger partial charge in [0.2, 0.25) is 10.0 Å². The second-order valence-corrected chi connectivity index (χ2v) is 9.60. The molecule has 1 saturated heterocycles. The minimum atomic E-state index is -3.75.